The minimum atomic E-state index is 0.492. The first-order valence-corrected chi connectivity index (χ1v) is 7.99. The maximum atomic E-state index is 5.62. The molecule has 1 aromatic heterocycles. The molecular weight excluding hydrogens is 334 g/mol. The van der Waals surface area contributed by atoms with Crippen LogP contribution < -0.4 is 4.74 Å². The molecular formula is C15H24BrN3O2. The summed E-state index contributed by atoms with van der Waals surface area (Å²) in [6.45, 7) is 8.81. The smallest absolute Gasteiger partial charge is 0.228 e. The van der Waals surface area contributed by atoms with Gasteiger partial charge in [0.2, 0.25) is 5.88 Å². The number of pyridine rings is 1. The van der Waals surface area contributed by atoms with Gasteiger partial charge in [0.25, 0.3) is 0 Å². The van der Waals surface area contributed by atoms with Gasteiger partial charge in [-0.3, -0.25) is 0 Å². The van der Waals surface area contributed by atoms with Gasteiger partial charge in [-0.15, -0.1) is 0 Å². The third kappa shape index (κ3) is 6.44. The number of aryl methyl sites for hydroxylation is 1. The second-order valence-corrected chi connectivity index (χ2v) is 5.51. The number of ether oxygens (including phenoxy) is 2. The minimum absolute atomic E-state index is 0.492. The van der Waals surface area contributed by atoms with E-state index in [1.807, 2.05) is 24.9 Å². The van der Waals surface area contributed by atoms with Gasteiger partial charge in [-0.25, -0.2) is 9.98 Å². The van der Waals surface area contributed by atoms with Crippen molar-refractivity contribution in [2.45, 2.75) is 27.2 Å². The quantitative estimate of drug-likeness (QED) is 0.385. The minimum Gasteiger partial charge on any atom is -0.474 e. The van der Waals surface area contributed by atoms with Crippen LogP contribution in [-0.4, -0.2) is 49.6 Å². The molecule has 1 heterocycles. The summed E-state index contributed by atoms with van der Waals surface area (Å²) in [5.41, 5.74) is 1.67. The molecule has 0 saturated heterocycles. The normalized spacial score (nSPS) is 11.1. The Morgan fingerprint density at radius 1 is 1.33 bits per heavy atom. The lowest BCUT2D eigenvalue weighted by molar-refractivity contribution is 0.0987. The molecule has 0 saturated carbocycles. The molecule has 0 amide bonds. The van der Waals surface area contributed by atoms with Crippen LogP contribution in [0.2, 0.25) is 0 Å². The Kier molecular flexibility index (Phi) is 8.30. The highest BCUT2D eigenvalue weighted by atomic mass is 79.9. The molecule has 0 aromatic carbocycles. The summed E-state index contributed by atoms with van der Waals surface area (Å²) >= 11 is 3.47. The largest absolute Gasteiger partial charge is 0.474 e. The van der Waals surface area contributed by atoms with Crippen LogP contribution in [-0.2, 0) is 4.74 Å². The first-order valence-electron chi connectivity index (χ1n) is 7.20. The van der Waals surface area contributed by atoms with Gasteiger partial charge >= 0.3 is 0 Å². The monoisotopic (exact) mass is 357 g/mol. The molecule has 0 bridgehead atoms. The molecule has 0 radical (unpaired) electrons. The zero-order valence-corrected chi connectivity index (χ0v) is 14.8. The van der Waals surface area contributed by atoms with E-state index in [-0.39, 0.29) is 0 Å². The number of hydrogen-bond acceptors (Lipinski definition) is 4. The predicted octanol–water partition coefficient (Wildman–Crippen LogP) is 3.57. The number of aromatic nitrogens is 1. The van der Waals surface area contributed by atoms with Crippen LogP contribution in [0.25, 0.3) is 0 Å². The zero-order valence-electron chi connectivity index (χ0n) is 13.2. The van der Waals surface area contributed by atoms with Crippen molar-refractivity contribution < 1.29 is 9.47 Å². The van der Waals surface area contributed by atoms with Gasteiger partial charge < -0.3 is 14.4 Å². The molecule has 0 N–H and O–H groups in total. The summed E-state index contributed by atoms with van der Waals surface area (Å²) in [7, 11) is 1.98. The molecule has 0 aliphatic rings. The second-order valence-electron chi connectivity index (χ2n) is 4.66. The molecule has 1 aromatic rings. The molecule has 0 aliphatic heterocycles. The molecule has 21 heavy (non-hydrogen) atoms. The van der Waals surface area contributed by atoms with Crippen molar-refractivity contribution in [3.05, 3.63) is 16.2 Å². The van der Waals surface area contributed by atoms with Crippen molar-refractivity contribution in [2.24, 2.45) is 4.99 Å². The fraction of sp³-hybridized carbons (Fsp3) is 0.600. The van der Waals surface area contributed by atoms with E-state index in [0.29, 0.717) is 19.1 Å². The first-order chi connectivity index (χ1) is 10.1. The summed E-state index contributed by atoms with van der Waals surface area (Å²) in [6, 6.07) is 1.92. The van der Waals surface area contributed by atoms with E-state index in [1.54, 1.807) is 6.34 Å². The first kappa shape index (κ1) is 17.9. The van der Waals surface area contributed by atoms with Crippen LogP contribution in [0.3, 0.4) is 0 Å². The van der Waals surface area contributed by atoms with Crippen LogP contribution in [0.1, 0.15) is 26.0 Å². The lowest BCUT2D eigenvalue weighted by Crippen LogP contribution is -2.14. The molecule has 0 spiro atoms. The van der Waals surface area contributed by atoms with Crippen molar-refractivity contribution in [1.82, 2.24) is 9.88 Å². The van der Waals surface area contributed by atoms with Crippen molar-refractivity contribution in [1.29, 1.82) is 0 Å². The third-order valence-corrected chi connectivity index (χ3v) is 3.38. The van der Waals surface area contributed by atoms with Crippen LogP contribution in [0.15, 0.2) is 15.5 Å². The number of aliphatic imine (C=N–C) groups is 1. The van der Waals surface area contributed by atoms with E-state index in [0.717, 1.165) is 35.4 Å². The Balaban J connectivity index is 2.64. The van der Waals surface area contributed by atoms with E-state index in [1.165, 1.54) is 0 Å². The Labute approximate surface area is 135 Å². The Bertz CT molecular complexity index is 466. The number of rotatable bonds is 9. The van der Waals surface area contributed by atoms with E-state index in [2.05, 4.69) is 39.8 Å². The van der Waals surface area contributed by atoms with E-state index >= 15 is 0 Å². The summed E-state index contributed by atoms with van der Waals surface area (Å²) in [5.74, 6) is 0.579. The SMILES string of the molecule is CCCOCCOc1nc(C)c(N=CN(C)CC)cc1Br. The molecule has 5 nitrogen and oxygen atoms in total. The molecule has 0 atom stereocenters. The average Bonchev–Trinajstić information content (AvgIpc) is 2.48. The zero-order chi connectivity index (χ0) is 15.7. The summed E-state index contributed by atoms with van der Waals surface area (Å²) < 4.78 is 11.8. The van der Waals surface area contributed by atoms with Crippen molar-refractivity contribution in [3.63, 3.8) is 0 Å². The molecule has 118 valence electrons. The number of nitrogens with zero attached hydrogens (tertiary/aromatic N) is 3. The van der Waals surface area contributed by atoms with Crippen LogP contribution in [0.4, 0.5) is 5.69 Å². The maximum Gasteiger partial charge on any atom is 0.228 e. The van der Waals surface area contributed by atoms with Crippen LogP contribution in [0, 0.1) is 6.92 Å². The Hall–Kier alpha value is -1.14. The van der Waals surface area contributed by atoms with Crippen molar-refractivity contribution in [2.75, 3.05) is 33.4 Å². The van der Waals surface area contributed by atoms with Gasteiger partial charge in [0.05, 0.1) is 28.8 Å². The van der Waals surface area contributed by atoms with Crippen LogP contribution >= 0.6 is 15.9 Å². The fourth-order valence-electron chi connectivity index (χ4n) is 1.47. The van der Waals surface area contributed by atoms with E-state index in [9.17, 15) is 0 Å². The summed E-state index contributed by atoms with van der Waals surface area (Å²) in [4.78, 5) is 10.9. The predicted molar refractivity (Wildman–Crippen MR) is 89.7 cm³/mol. The van der Waals surface area contributed by atoms with Crippen molar-refractivity contribution >= 4 is 28.0 Å². The van der Waals surface area contributed by atoms with Gasteiger partial charge in [-0.2, -0.15) is 0 Å². The van der Waals surface area contributed by atoms with Gasteiger partial charge in [0.1, 0.15) is 6.61 Å². The topological polar surface area (TPSA) is 47.0 Å². The maximum absolute atomic E-state index is 5.62. The Morgan fingerprint density at radius 3 is 2.76 bits per heavy atom. The van der Waals surface area contributed by atoms with Gasteiger partial charge in [0, 0.05) is 20.2 Å². The standard InChI is InChI=1S/C15H24BrN3O2/c1-5-7-20-8-9-21-15-13(16)10-14(12(3)18-15)17-11-19(4)6-2/h10-11H,5-9H2,1-4H3. The number of halogens is 1. The third-order valence-electron chi connectivity index (χ3n) is 2.82. The summed E-state index contributed by atoms with van der Waals surface area (Å²) in [5, 5.41) is 0. The van der Waals surface area contributed by atoms with E-state index < -0.39 is 0 Å². The highest BCUT2D eigenvalue weighted by Gasteiger charge is 2.08. The molecule has 0 fully saturated rings. The summed E-state index contributed by atoms with van der Waals surface area (Å²) in [6.07, 6.45) is 2.82. The lowest BCUT2D eigenvalue weighted by atomic mass is 10.3. The molecule has 6 heteroatoms. The van der Waals surface area contributed by atoms with Crippen LogP contribution in [0.5, 0.6) is 5.88 Å². The molecule has 0 unspecified atom stereocenters. The van der Waals surface area contributed by atoms with Gasteiger partial charge in [0.15, 0.2) is 0 Å². The van der Waals surface area contributed by atoms with Gasteiger partial charge in [-0.05, 0) is 42.3 Å². The molecule has 0 aliphatic carbocycles. The molecule has 1 rings (SSSR count). The van der Waals surface area contributed by atoms with Gasteiger partial charge in [-0.1, -0.05) is 6.92 Å². The van der Waals surface area contributed by atoms with Crippen molar-refractivity contribution in [3.8, 4) is 5.88 Å². The Morgan fingerprint density at radius 2 is 2.10 bits per heavy atom. The second kappa shape index (κ2) is 9.73. The highest BCUT2D eigenvalue weighted by molar-refractivity contribution is 9.10. The highest BCUT2D eigenvalue weighted by Crippen LogP contribution is 2.29. The number of hydrogen-bond donors (Lipinski definition) is 0. The average molecular weight is 358 g/mol. The fourth-order valence-corrected chi connectivity index (χ4v) is 1.89. The van der Waals surface area contributed by atoms with E-state index in [4.69, 9.17) is 9.47 Å². The lowest BCUT2D eigenvalue weighted by Gasteiger charge is -2.11.